The zero-order chi connectivity index (χ0) is 21.6. The third kappa shape index (κ3) is 5.51. The van der Waals surface area contributed by atoms with Gasteiger partial charge in [-0.2, -0.15) is 61.5 Å². The van der Waals surface area contributed by atoms with Gasteiger partial charge in [0.1, 0.15) is 5.75 Å². The lowest BCUT2D eigenvalue weighted by atomic mass is 10.1. The van der Waals surface area contributed by atoms with Crippen molar-refractivity contribution in [1.82, 2.24) is 0 Å². The van der Waals surface area contributed by atoms with Crippen LogP contribution < -0.4 is 4.74 Å². The highest BCUT2D eigenvalue weighted by atomic mass is 19.4. The molecule has 0 bridgehead atoms. The van der Waals surface area contributed by atoms with Crippen LogP contribution in [0.5, 0.6) is 5.75 Å². The molecule has 0 heterocycles. The van der Waals surface area contributed by atoms with Crippen molar-refractivity contribution in [2.45, 2.75) is 30.8 Å². The van der Waals surface area contributed by atoms with Gasteiger partial charge in [0.15, 0.2) is 0 Å². The molecule has 0 fully saturated rings. The van der Waals surface area contributed by atoms with E-state index in [4.69, 9.17) is 0 Å². The molecule has 1 aromatic carbocycles. The van der Waals surface area contributed by atoms with Crippen LogP contribution in [0.4, 0.5) is 61.5 Å². The van der Waals surface area contributed by atoms with Crippen LogP contribution >= 0.6 is 0 Å². The number of ether oxygens (including phenoxy) is 1. The van der Waals surface area contributed by atoms with Crippen molar-refractivity contribution < 1.29 is 66.2 Å². The average Bonchev–Trinajstić information content (AvgIpc) is 2.30. The van der Waals surface area contributed by atoms with E-state index < -0.39 is 65.7 Å². The van der Waals surface area contributed by atoms with Crippen LogP contribution in [-0.4, -0.2) is 18.5 Å². The molecule has 0 spiro atoms. The van der Waals surface area contributed by atoms with Crippen LogP contribution in [0, 0.1) is 5.92 Å². The van der Waals surface area contributed by atoms with Gasteiger partial charge in [0, 0.05) is 0 Å². The summed E-state index contributed by atoms with van der Waals surface area (Å²) in [4.78, 5) is 0. The molecule has 0 aromatic heterocycles. The molecule has 0 unspecified atom stereocenters. The van der Waals surface area contributed by atoms with Gasteiger partial charge in [-0.05, 0) is 18.2 Å². The van der Waals surface area contributed by atoms with E-state index in [1.54, 1.807) is 0 Å². The van der Waals surface area contributed by atoms with Crippen molar-refractivity contribution in [2.75, 3.05) is 0 Å². The van der Waals surface area contributed by atoms with Crippen LogP contribution in [0.1, 0.15) is 11.1 Å². The number of alkyl halides is 14. The van der Waals surface area contributed by atoms with E-state index in [1.165, 1.54) is 0 Å². The summed E-state index contributed by atoms with van der Waals surface area (Å²) in [6.45, 7) is 0. The summed E-state index contributed by atoms with van der Waals surface area (Å²) in [7, 11) is 0. The highest BCUT2D eigenvalue weighted by Crippen LogP contribution is 2.50. The molecule has 1 nitrogen and oxygen atoms in total. The molecule has 0 aliphatic rings. The highest BCUT2D eigenvalue weighted by molar-refractivity contribution is 5.40. The second-order valence-corrected chi connectivity index (χ2v) is 4.89. The zero-order valence-electron chi connectivity index (χ0n) is 12.0. The largest absolute Gasteiger partial charge is 0.431 e. The molecule has 0 saturated heterocycles. The first kappa shape index (κ1) is 23.1. The predicted octanol–water partition coefficient (Wildman–Crippen LogP) is 6.44. The first-order valence-corrected chi connectivity index (χ1v) is 6.16. The minimum absolute atomic E-state index is 0.265. The fourth-order valence-corrected chi connectivity index (χ4v) is 1.79. The SMILES string of the molecule is FC(F)(F)c1ccc(C(F)(F)F)c(OC(F)(F)C(C(F)(F)F)C(F)(F)F)c1. The quantitative estimate of drug-likeness (QED) is 0.502. The molecule has 0 atom stereocenters. The van der Waals surface area contributed by atoms with Gasteiger partial charge in [-0.15, -0.1) is 0 Å². The fraction of sp³-hybridized carbons (Fsp3) is 0.500. The highest BCUT2D eigenvalue weighted by Gasteiger charge is 2.71. The number of hydrogen-bond acceptors (Lipinski definition) is 1. The lowest BCUT2D eigenvalue weighted by molar-refractivity contribution is -0.379. The standard InChI is InChI=1S/C12H4F14O/c13-8(14,15)4-1-2-5(9(16,17)18)6(3-4)27-12(25,26)7(10(19,20)21)11(22,23)24/h1-3,7H. The molecule has 1 rings (SSSR count). The second kappa shape index (κ2) is 6.58. The molecule has 0 saturated carbocycles. The molecule has 0 N–H and O–H groups in total. The van der Waals surface area contributed by atoms with Crippen LogP contribution in [0.2, 0.25) is 0 Å². The first-order valence-electron chi connectivity index (χ1n) is 6.16. The van der Waals surface area contributed by atoms with Gasteiger partial charge in [-0.3, -0.25) is 0 Å². The van der Waals surface area contributed by atoms with Gasteiger partial charge < -0.3 is 4.74 Å². The Hall–Kier alpha value is -1.96. The molecule has 1 aromatic rings. The van der Waals surface area contributed by atoms with Gasteiger partial charge in [0.05, 0.1) is 11.1 Å². The normalized spacial score (nSPS) is 14.6. The fourth-order valence-electron chi connectivity index (χ4n) is 1.79. The molecule has 0 aliphatic carbocycles. The van der Waals surface area contributed by atoms with Crippen LogP contribution in [0.25, 0.3) is 0 Å². The summed E-state index contributed by atoms with van der Waals surface area (Å²) < 4.78 is 179. The second-order valence-electron chi connectivity index (χ2n) is 4.89. The summed E-state index contributed by atoms with van der Waals surface area (Å²) in [5.74, 6) is -8.14. The number of benzene rings is 1. The van der Waals surface area contributed by atoms with E-state index in [2.05, 4.69) is 4.74 Å². The van der Waals surface area contributed by atoms with Crippen LogP contribution in [0.15, 0.2) is 18.2 Å². The molecule has 27 heavy (non-hydrogen) atoms. The Bertz CT molecular complexity index is 649. The summed E-state index contributed by atoms with van der Waals surface area (Å²) >= 11 is 0. The Labute approximate surface area is 139 Å². The topological polar surface area (TPSA) is 9.23 Å². The smallest absolute Gasteiger partial charge is 0.419 e. The lowest BCUT2D eigenvalue weighted by Crippen LogP contribution is -2.52. The molecule has 0 aliphatic heterocycles. The zero-order valence-corrected chi connectivity index (χ0v) is 12.0. The molecular formula is C12H4F14O. The third-order valence-electron chi connectivity index (χ3n) is 2.85. The van der Waals surface area contributed by atoms with Gasteiger partial charge in [-0.25, -0.2) is 0 Å². The van der Waals surface area contributed by atoms with E-state index in [0.29, 0.717) is 0 Å². The molecule has 0 radical (unpaired) electrons. The monoisotopic (exact) mass is 430 g/mol. The van der Waals surface area contributed by atoms with Crippen LogP contribution in [0.3, 0.4) is 0 Å². The van der Waals surface area contributed by atoms with Crippen molar-refractivity contribution >= 4 is 0 Å². The van der Waals surface area contributed by atoms with Gasteiger partial charge >= 0.3 is 30.8 Å². The summed E-state index contributed by atoms with van der Waals surface area (Å²) in [6, 6.07) is -1.51. The van der Waals surface area contributed by atoms with Gasteiger partial charge in [-0.1, -0.05) is 0 Å². The molecule has 156 valence electrons. The first-order chi connectivity index (χ1) is 11.7. The maximum Gasteiger partial charge on any atom is 0.419 e. The van der Waals surface area contributed by atoms with Gasteiger partial charge in [0.2, 0.25) is 0 Å². The maximum absolute atomic E-state index is 13.5. The minimum Gasteiger partial charge on any atom is -0.431 e. The van der Waals surface area contributed by atoms with E-state index >= 15 is 0 Å². The van der Waals surface area contributed by atoms with Gasteiger partial charge in [0.25, 0.3) is 5.92 Å². The van der Waals surface area contributed by atoms with E-state index in [-0.39, 0.29) is 6.07 Å². The van der Waals surface area contributed by atoms with Crippen molar-refractivity contribution in [3.05, 3.63) is 29.3 Å². The van der Waals surface area contributed by atoms with Crippen molar-refractivity contribution in [1.29, 1.82) is 0 Å². The number of halogens is 14. The van der Waals surface area contributed by atoms with E-state index in [0.717, 1.165) is 0 Å². The Balaban J connectivity index is 3.55. The summed E-state index contributed by atoms with van der Waals surface area (Å²) in [5, 5.41) is 0. The average molecular weight is 430 g/mol. The molecular weight excluding hydrogens is 426 g/mol. The minimum atomic E-state index is -6.73. The Kier molecular flexibility index (Phi) is 5.62. The van der Waals surface area contributed by atoms with Crippen LogP contribution in [-0.2, 0) is 12.4 Å². The Morgan fingerprint density at radius 3 is 1.41 bits per heavy atom. The Morgan fingerprint density at radius 2 is 1.07 bits per heavy atom. The predicted molar refractivity (Wildman–Crippen MR) is 57.6 cm³/mol. The van der Waals surface area contributed by atoms with Crippen molar-refractivity contribution in [3.63, 3.8) is 0 Å². The summed E-state index contributed by atoms with van der Waals surface area (Å²) in [5.41, 5.74) is -4.50. The number of hydrogen-bond donors (Lipinski definition) is 0. The lowest BCUT2D eigenvalue weighted by Gasteiger charge is -2.30. The maximum atomic E-state index is 13.5. The van der Waals surface area contributed by atoms with Crippen molar-refractivity contribution in [2.24, 2.45) is 5.92 Å². The third-order valence-corrected chi connectivity index (χ3v) is 2.85. The van der Waals surface area contributed by atoms with E-state index in [1.807, 2.05) is 0 Å². The van der Waals surface area contributed by atoms with Crippen molar-refractivity contribution in [3.8, 4) is 5.75 Å². The Morgan fingerprint density at radius 1 is 0.630 bits per heavy atom. The molecule has 0 amide bonds. The van der Waals surface area contributed by atoms with E-state index in [9.17, 15) is 61.5 Å². The number of rotatable bonds is 3. The molecule has 15 heteroatoms. The summed E-state index contributed by atoms with van der Waals surface area (Å²) in [6.07, 6.45) is -31.0.